The molecule has 0 aromatic heterocycles. The van der Waals surface area contributed by atoms with E-state index in [0.717, 1.165) is 30.4 Å². The lowest BCUT2D eigenvalue weighted by Crippen LogP contribution is -2.25. The highest BCUT2D eigenvalue weighted by Gasteiger charge is 2.16. The molecule has 2 N–H and O–H groups in total. The van der Waals surface area contributed by atoms with Crippen LogP contribution in [0.2, 0.25) is 0 Å². The maximum Gasteiger partial charge on any atom is 0.262 e. The molecular formula is C17H24N2O2. The van der Waals surface area contributed by atoms with E-state index in [0.29, 0.717) is 0 Å². The molecule has 1 amide bonds. The second kappa shape index (κ2) is 6.94. The molecular weight excluding hydrogens is 264 g/mol. The van der Waals surface area contributed by atoms with E-state index >= 15 is 0 Å². The number of rotatable bonds is 6. The predicted octanol–water partition coefficient (Wildman–Crippen LogP) is 3.08. The quantitative estimate of drug-likeness (QED) is 0.791. The van der Waals surface area contributed by atoms with Gasteiger partial charge in [0.2, 0.25) is 0 Å². The molecule has 0 atom stereocenters. The average molecular weight is 288 g/mol. The van der Waals surface area contributed by atoms with Crippen LogP contribution in [0.3, 0.4) is 0 Å². The van der Waals surface area contributed by atoms with Gasteiger partial charge in [0.25, 0.3) is 5.91 Å². The maximum absolute atomic E-state index is 11.3. The summed E-state index contributed by atoms with van der Waals surface area (Å²) in [5.41, 5.74) is 1.97. The Kier molecular flexibility index (Phi) is 4.76. The number of hydrogen-bond donors (Lipinski definition) is 2. The summed E-state index contributed by atoms with van der Waals surface area (Å²) in [5.74, 6) is 1.66. The highest BCUT2D eigenvalue weighted by atomic mass is 16.5. The van der Waals surface area contributed by atoms with Gasteiger partial charge in [0.15, 0.2) is 6.61 Å². The van der Waals surface area contributed by atoms with Crippen LogP contribution in [0.4, 0.5) is 5.69 Å². The van der Waals surface area contributed by atoms with Crippen molar-refractivity contribution < 1.29 is 9.53 Å². The van der Waals surface area contributed by atoms with Crippen LogP contribution in [-0.4, -0.2) is 19.1 Å². The number of benzene rings is 1. The first kappa shape index (κ1) is 14.4. The van der Waals surface area contributed by atoms with Gasteiger partial charge in [0.05, 0.1) is 5.69 Å². The van der Waals surface area contributed by atoms with Crippen LogP contribution in [0.5, 0.6) is 5.75 Å². The van der Waals surface area contributed by atoms with Gasteiger partial charge in [0, 0.05) is 6.54 Å². The Morgan fingerprint density at radius 1 is 1.29 bits per heavy atom. The van der Waals surface area contributed by atoms with Crippen molar-refractivity contribution in [3.8, 4) is 5.75 Å². The van der Waals surface area contributed by atoms with Crippen LogP contribution >= 0.6 is 0 Å². The fourth-order valence-corrected chi connectivity index (χ4v) is 3.29. The number of ether oxygens (including phenoxy) is 1. The monoisotopic (exact) mass is 288 g/mol. The minimum Gasteiger partial charge on any atom is -0.482 e. The fourth-order valence-electron chi connectivity index (χ4n) is 3.29. The van der Waals surface area contributed by atoms with Gasteiger partial charge in [-0.15, -0.1) is 0 Å². The maximum atomic E-state index is 11.3. The Morgan fingerprint density at radius 2 is 2.14 bits per heavy atom. The largest absolute Gasteiger partial charge is 0.482 e. The summed E-state index contributed by atoms with van der Waals surface area (Å²) >= 11 is 0. The van der Waals surface area contributed by atoms with Gasteiger partial charge in [-0.05, 0) is 43.0 Å². The molecule has 0 spiro atoms. The Balaban J connectivity index is 1.41. The van der Waals surface area contributed by atoms with E-state index in [1.54, 1.807) is 0 Å². The molecule has 3 rings (SSSR count). The van der Waals surface area contributed by atoms with E-state index in [4.69, 9.17) is 4.74 Å². The molecule has 4 heteroatoms. The van der Waals surface area contributed by atoms with Crippen LogP contribution in [0.1, 0.15) is 44.1 Å². The topological polar surface area (TPSA) is 50.4 Å². The molecule has 1 heterocycles. The number of anilines is 1. The Morgan fingerprint density at radius 3 is 3.00 bits per heavy atom. The summed E-state index contributed by atoms with van der Waals surface area (Å²) in [6.45, 7) is 2.02. The first-order valence-electron chi connectivity index (χ1n) is 8.07. The molecule has 1 saturated carbocycles. The van der Waals surface area contributed by atoms with Gasteiger partial charge in [-0.3, -0.25) is 4.79 Å². The molecule has 1 fully saturated rings. The Labute approximate surface area is 126 Å². The van der Waals surface area contributed by atoms with Crippen molar-refractivity contribution in [3.05, 3.63) is 23.8 Å². The van der Waals surface area contributed by atoms with E-state index in [9.17, 15) is 4.79 Å². The van der Waals surface area contributed by atoms with E-state index in [-0.39, 0.29) is 12.5 Å². The van der Waals surface area contributed by atoms with E-state index in [1.165, 1.54) is 44.1 Å². The van der Waals surface area contributed by atoms with Crippen LogP contribution in [0, 0.1) is 5.92 Å². The summed E-state index contributed by atoms with van der Waals surface area (Å²) in [5, 5.41) is 6.34. The lowest BCUT2D eigenvalue weighted by atomic mass is 10.0. The van der Waals surface area contributed by atoms with Gasteiger partial charge in [0.1, 0.15) is 5.75 Å². The summed E-state index contributed by atoms with van der Waals surface area (Å²) in [4.78, 5) is 11.3. The molecule has 1 aromatic rings. The molecule has 1 aliphatic heterocycles. The van der Waals surface area contributed by atoms with Gasteiger partial charge in [-0.1, -0.05) is 31.7 Å². The van der Waals surface area contributed by atoms with Crippen LogP contribution in [0.15, 0.2) is 18.2 Å². The smallest absolute Gasteiger partial charge is 0.262 e. The third-order valence-electron chi connectivity index (χ3n) is 4.45. The van der Waals surface area contributed by atoms with Crippen LogP contribution < -0.4 is 15.4 Å². The van der Waals surface area contributed by atoms with Gasteiger partial charge in [-0.25, -0.2) is 0 Å². The van der Waals surface area contributed by atoms with Gasteiger partial charge in [-0.2, -0.15) is 0 Å². The number of amides is 1. The van der Waals surface area contributed by atoms with Crippen LogP contribution in [-0.2, 0) is 11.3 Å². The Hall–Kier alpha value is -1.55. The number of nitrogens with one attached hydrogen (secondary N) is 2. The third-order valence-corrected chi connectivity index (χ3v) is 4.45. The molecule has 0 bridgehead atoms. The fraction of sp³-hybridized carbons (Fsp3) is 0.588. The molecule has 0 unspecified atom stereocenters. The molecule has 0 saturated heterocycles. The van der Waals surface area contributed by atoms with Crippen molar-refractivity contribution in [2.75, 3.05) is 18.5 Å². The molecule has 21 heavy (non-hydrogen) atoms. The highest BCUT2D eigenvalue weighted by Crippen LogP contribution is 2.29. The number of hydrogen-bond acceptors (Lipinski definition) is 3. The molecule has 4 nitrogen and oxygen atoms in total. The van der Waals surface area contributed by atoms with Crippen molar-refractivity contribution in [1.29, 1.82) is 0 Å². The normalized spacial score (nSPS) is 18.2. The van der Waals surface area contributed by atoms with Crippen LogP contribution in [0.25, 0.3) is 0 Å². The van der Waals surface area contributed by atoms with Gasteiger partial charge >= 0.3 is 0 Å². The molecule has 2 aliphatic rings. The van der Waals surface area contributed by atoms with Crippen molar-refractivity contribution in [3.63, 3.8) is 0 Å². The highest BCUT2D eigenvalue weighted by molar-refractivity contribution is 5.95. The first-order chi connectivity index (χ1) is 10.3. The zero-order chi connectivity index (χ0) is 14.5. The number of carbonyl (C=O) groups excluding carboxylic acids is 1. The molecule has 1 aromatic carbocycles. The zero-order valence-electron chi connectivity index (χ0n) is 12.5. The second-order valence-corrected chi connectivity index (χ2v) is 6.14. The minimum absolute atomic E-state index is 0.0795. The Bertz CT molecular complexity index is 496. The summed E-state index contributed by atoms with van der Waals surface area (Å²) in [7, 11) is 0. The van der Waals surface area contributed by atoms with Crippen molar-refractivity contribution in [1.82, 2.24) is 5.32 Å². The summed E-state index contributed by atoms with van der Waals surface area (Å²) < 4.78 is 5.36. The lowest BCUT2D eigenvalue weighted by molar-refractivity contribution is -0.118. The standard InChI is InChI=1S/C17H24N2O2/c20-17-12-21-16-8-7-14(10-15(16)19-17)11-18-9-3-6-13-4-1-2-5-13/h7-8,10,13,18H,1-6,9,11-12H2,(H,19,20). The SMILES string of the molecule is O=C1COc2ccc(CNCCCC3CCCC3)cc2N1. The van der Waals surface area contributed by atoms with E-state index in [2.05, 4.69) is 16.7 Å². The van der Waals surface area contributed by atoms with E-state index < -0.39 is 0 Å². The lowest BCUT2D eigenvalue weighted by Gasteiger charge is -2.18. The average Bonchev–Trinajstić information content (AvgIpc) is 3.00. The molecule has 114 valence electrons. The predicted molar refractivity (Wildman–Crippen MR) is 83.5 cm³/mol. The number of carbonyl (C=O) groups is 1. The molecule has 0 radical (unpaired) electrons. The zero-order valence-corrected chi connectivity index (χ0v) is 12.5. The second-order valence-electron chi connectivity index (χ2n) is 6.14. The third kappa shape index (κ3) is 3.97. The summed E-state index contributed by atoms with van der Waals surface area (Å²) in [6.07, 6.45) is 8.35. The molecule has 1 aliphatic carbocycles. The summed E-state index contributed by atoms with van der Waals surface area (Å²) in [6, 6.07) is 5.99. The van der Waals surface area contributed by atoms with Crippen molar-refractivity contribution in [2.45, 2.75) is 45.1 Å². The first-order valence-corrected chi connectivity index (χ1v) is 8.07. The van der Waals surface area contributed by atoms with E-state index in [1.807, 2.05) is 12.1 Å². The van der Waals surface area contributed by atoms with Gasteiger partial charge < -0.3 is 15.4 Å². The van der Waals surface area contributed by atoms with Crippen molar-refractivity contribution >= 4 is 11.6 Å². The number of fused-ring (bicyclic) bond motifs is 1. The van der Waals surface area contributed by atoms with Crippen molar-refractivity contribution in [2.24, 2.45) is 5.92 Å². The minimum atomic E-state index is -0.0795.